The molecule has 4 unspecified atom stereocenters. The first-order valence-corrected chi connectivity index (χ1v) is 11.6. The minimum atomic E-state index is -0.320. The highest BCUT2D eigenvalue weighted by molar-refractivity contribution is 5.74. The van der Waals surface area contributed by atoms with E-state index in [-0.39, 0.29) is 36.3 Å². The third kappa shape index (κ3) is 4.51. The molecule has 4 atom stereocenters. The summed E-state index contributed by atoms with van der Waals surface area (Å²) < 4.78 is 21.4. The molecule has 12 nitrogen and oxygen atoms in total. The van der Waals surface area contributed by atoms with Crippen molar-refractivity contribution in [3.63, 3.8) is 0 Å². The van der Waals surface area contributed by atoms with Crippen LogP contribution >= 0.6 is 0 Å². The molecule has 2 aromatic carbocycles. The summed E-state index contributed by atoms with van der Waals surface area (Å²) in [6.45, 7) is 1.10. The fraction of sp³-hybridized carbons (Fsp3) is 0.292. The van der Waals surface area contributed by atoms with Gasteiger partial charge in [-0.15, -0.1) is 0 Å². The molecule has 184 valence electrons. The zero-order chi connectivity index (χ0) is 24.3. The summed E-state index contributed by atoms with van der Waals surface area (Å²) >= 11 is 0. The molecule has 4 aromatic rings. The van der Waals surface area contributed by atoms with Crippen LogP contribution < -0.4 is 15.4 Å². The molecule has 0 spiro atoms. The second-order valence-electron chi connectivity index (χ2n) is 8.55. The number of hydrogen-bond acceptors (Lipinski definition) is 8. The van der Waals surface area contributed by atoms with Crippen LogP contribution in [0.15, 0.2) is 73.3 Å². The summed E-state index contributed by atoms with van der Waals surface area (Å²) in [7, 11) is 0. The number of carbonyl (C=O) groups excluding carboxylic acids is 1. The summed E-state index contributed by atoms with van der Waals surface area (Å²) in [5.41, 5.74) is 1.98. The predicted octanol–water partition coefficient (Wildman–Crippen LogP) is 1.86. The Hall–Kier alpha value is -4.29. The van der Waals surface area contributed by atoms with E-state index in [2.05, 4.69) is 31.1 Å². The number of ether oxygens (including phenoxy) is 3. The summed E-state index contributed by atoms with van der Waals surface area (Å²) in [6.07, 6.45) is 4.67. The van der Waals surface area contributed by atoms with E-state index in [0.29, 0.717) is 25.5 Å². The number of benzene rings is 2. The molecule has 36 heavy (non-hydrogen) atoms. The lowest BCUT2D eigenvalue weighted by molar-refractivity contribution is 0.0613. The molecule has 12 heteroatoms. The van der Waals surface area contributed by atoms with Crippen LogP contribution in [0.4, 0.5) is 4.79 Å². The molecule has 6 rings (SSSR count). The normalized spacial score (nSPS) is 22.8. The first-order chi connectivity index (χ1) is 17.7. The number of urea groups is 1. The number of fused-ring (bicyclic) bond motifs is 1. The molecular formula is C24H24N8O4. The molecular weight excluding hydrogens is 464 g/mol. The lowest BCUT2D eigenvalue weighted by atomic mass is 10.1. The van der Waals surface area contributed by atoms with Crippen LogP contribution in [-0.2, 0) is 16.0 Å². The van der Waals surface area contributed by atoms with E-state index < -0.39 is 0 Å². The highest BCUT2D eigenvalue weighted by atomic mass is 16.6. The van der Waals surface area contributed by atoms with E-state index in [0.717, 1.165) is 11.3 Å². The van der Waals surface area contributed by atoms with Gasteiger partial charge in [0, 0.05) is 24.6 Å². The second kappa shape index (κ2) is 9.76. The van der Waals surface area contributed by atoms with E-state index >= 15 is 0 Å². The van der Waals surface area contributed by atoms with Crippen molar-refractivity contribution in [1.29, 1.82) is 0 Å². The molecule has 0 radical (unpaired) electrons. The first kappa shape index (κ1) is 22.2. The van der Waals surface area contributed by atoms with Gasteiger partial charge in [-0.3, -0.25) is 0 Å². The minimum absolute atomic E-state index is 0.236. The summed E-state index contributed by atoms with van der Waals surface area (Å²) in [6, 6.07) is 16.6. The zero-order valence-corrected chi connectivity index (χ0v) is 19.2. The van der Waals surface area contributed by atoms with Crippen LogP contribution in [0.1, 0.15) is 11.6 Å². The van der Waals surface area contributed by atoms with E-state index in [1.54, 1.807) is 17.2 Å². The number of nitrogens with one attached hydrogen (secondary N) is 2. The van der Waals surface area contributed by atoms with Gasteiger partial charge in [0.05, 0.1) is 25.6 Å². The average Bonchev–Trinajstić information content (AvgIpc) is 3.71. The minimum Gasteiger partial charge on any atom is -0.423 e. The Labute approximate surface area is 206 Å². The van der Waals surface area contributed by atoms with Gasteiger partial charge in [0.2, 0.25) is 0 Å². The van der Waals surface area contributed by atoms with Crippen molar-refractivity contribution in [2.45, 2.75) is 30.8 Å². The number of aromatic nitrogens is 6. The zero-order valence-electron chi connectivity index (χ0n) is 19.2. The Kier molecular flexibility index (Phi) is 6.01. The number of tetrazole rings is 1. The maximum atomic E-state index is 12.4. The van der Waals surface area contributed by atoms with Crippen molar-refractivity contribution >= 4 is 6.03 Å². The highest BCUT2D eigenvalue weighted by Crippen LogP contribution is 2.36. The Bertz CT molecular complexity index is 1300. The van der Waals surface area contributed by atoms with Crippen molar-refractivity contribution in [2.24, 2.45) is 0 Å². The average molecular weight is 489 g/mol. The predicted molar refractivity (Wildman–Crippen MR) is 126 cm³/mol. The van der Waals surface area contributed by atoms with Gasteiger partial charge in [0.15, 0.2) is 0 Å². The second-order valence-corrected chi connectivity index (χ2v) is 8.55. The monoisotopic (exact) mass is 488 g/mol. The number of imidazole rings is 1. The van der Waals surface area contributed by atoms with Crippen molar-refractivity contribution < 1.29 is 19.0 Å². The quantitative estimate of drug-likeness (QED) is 0.403. The SMILES string of the molecule is O=C(NCc1ccccc1)NC1COC2C1OCC2n1nnnc1Oc1ccc(-n2ccnc2)cc1. The standard InChI is InChI=1S/C24H24N8O4/c33-23(26-12-16-4-2-1-3-5-16)27-19-13-34-22-20(14-35-21(19)22)32-24(28-29-30-32)36-18-8-6-17(7-9-18)31-11-10-25-15-31/h1-11,15,19-22H,12-14H2,(H2,26,27,33). The third-order valence-electron chi connectivity index (χ3n) is 6.26. The maximum absolute atomic E-state index is 12.4. The smallest absolute Gasteiger partial charge is 0.341 e. The molecule has 4 heterocycles. The van der Waals surface area contributed by atoms with Crippen LogP contribution in [0.2, 0.25) is 0 Å². The van der Waals surface area contributed by atoms with Crippen LogP contribution in [0.5, 0.6) is 11.8 Å². The van der Waals surface area contributed by atoms with Crippen molar-refractivity contribution in [2.75, 3.05) is 13.2 Å². The number of amides is 2. The Morgan fingerprint density at radius 1 is 1.06 bits per heavy atom. The van der Waals surface area contributed by atoms with E-state index in [1.165, 1.54) is 0 Å². The summed E-state index contributed by atoms with van der Waals surface area (Å²) in [5, 5.41) is 17.8. The van der Waals surface area contributed by atoms with Crippen LogP contribution in [0, 0.1) is 0 Å². The van der Waals surface area contributed by atoms with Gasteiger partial charge >= 0.3 is 12.0 Å². The molecule has 2 fully saturated rings. The molecule has 0 bridgehead atoms. The Morgan fingerprint density at radius 2 is 1.89 bits per heavy atom. The van der Waals surface area contributed by atoms with Gasteiger partial charge in [0.25, 0.3) is 0 Å². The number of carbonyl (C=O) groups is 1. The molecule has 2 N–H and O–H groups in total. The summed E-state index contributed by atoms with van der Waals surface area (Å²) in [4.78, 5) is 16.5. The van der Waals surface area contributed by atoms with Gasteiger partial charge in [0.1, 0.15) is 24.0 Å². The molecule has 2 aromatic heterocycles. The van der Waals surface area contributed by atoms with E-state index in [4.69, 9.17) is 14.2 Å². The van der Waals surface area contributed by atoms with Crippen molar-refractivity contribution in [1.82, 2.24) is 40.4 Å². The molecule has 2 saturated heterocycles. The van der Waals surface area contributed by atoms with E-state index in [1.807, 2.05) is 65.4 Å². The topological polar surface area (TPSA) is 130 Å². The van der Waals surface area contributed by atoms with Crippen molar-refractivity contribution in [3.8, 4) is 17.4 Å². The van der Waals surface area contributed by atoms with Crippen LogP contribution in [-0.4, -0.2) is 67.3 Å². The fourth-order valence-electron chi connectivity index (χ4n) is 4.47. The largest absolute Gasteiger partial charge is 0.423 e. The first-order valence-electron chi connectivity index (χ1n) is 11.6. The molecule has 2 aliphatic rings. The maximum Gasteiger partial charge on any atom is 0.341 e. The van der Waals surface area contributed by atoms with E-state index in [9.17, 15) is 4.79 Å². The number of nitrogens with zero attached hydrogens (tertiary/aromatic N) is 6. The van der Waals surface area contributed by atoms with Gasteiger partial charge in [-0.1, -0.05) is 35.4 Å². The van der Waals surface area contributed by atoms with Crippen LogP contribution in [0.25, 0.3) is 5.69 Å². The summed E-state index contributed by atoms with van der Waals surface area (Å²) in [5.74, 6) is 0.590. The molecule has 2 aliphatic heterocycles. The fourth-order valence-corrected chi connectivity index (χ4v) is 4.47. The Morgan fingerprint density at radius 3 is 2.69 bits per heavy atom. The molecule has 0 saturated carbocycles. The molecule has 2 amide bonds. The van der Waals surface area contributed by atoms with Gasteiger partial charge in [-0.25, -0.2) is 9.78 Å². The van der Waals surface area contributed by atoms with Crippen molar-refractivity contribution in [3.05, 3.63) is 78.9 Å². The van der Waals surface area contributed by atoms with Gasteiger partial charge < -0.3 is 29.4 Å². The number of rotatable bonds is 7. The Balaban J connectivity index is 1.07. The molecule has 0 aliphatic carbocycles. The highest BCUT2D eigenvalue weighted by Gasteiger charge is 2.50. The lowest BCUT2D eigenvalue weighted by Gasteiger charge is -2.18. The van der Waals surface area contributed by atoms with Gasteiger partial charge in [-0.2, -0.15) is 4.68 Å². The van der Waals surface area contributed by atoms with Crippen LogP contribution in [0.3, 0.4) is 0 Å². The number of hydrogen-bond donors (Lipinski definition) is 2. The lowest BCUT2D eigenvalue weighted by Crippen LogP contribution is -2.48. The third-order valence-corrected chi connectivity index (χ3v) is 6.26. The van der Waals surface area contributed by atoms with Gasteiger partial charge in [-0.05, 0) is 40.3 Å².